The average molecular weight is 322 g/mol. The molecule has 2 rings (SSSR count). The average Bonchev–Trinajstić information content (AvgIpc) is 2.59. The predicted octanol–water partition coefficient (Wildman–Crippen LogP) is 0.675. The third kappa shape index (κ3) is 5.14. The molecule has 3 N–H and O–H groups in total. The van der Waals surface area contributed by atoms with Crippen molar-refractivity contribution in [3.05, 3.63) is 29.8 Å². The number of guanidine groups is 1. The van der Waals surface area contributed by atoms with Crippen LogP contribution in [0.5, 0.6) is 5.75 Å². The van der Waals surface area contributed by atoms with Crippen molar-refractivity contribution >= 4 is 23.6 Å². The van der Waals surface area contributed by atoms with E-state index in [-0.39, 0.29) is 12.5 Å². The highest BCUT2D eigenvalue weighted by molar-refractivity contribution is 7.99. The number of hydrogen-bond acceptors (Lipinski definition) is 4. The van der Waals surface area contributed by atoms with Crippen LogP contribution >= 0.6 is 11.8 Å². The zero-order chi connectivity index (χ0) is 15.8. The molecule has 22 heavy (non-hydrogen) atoms. The maximum atomic E-state index is 11.8. The van der Waals surface area contributed by atoms with E-state index in [1.54, 1.807) is 7.11 Å². The Labute approximate surface area is 135 Å². The van der Waals surface area contributed by atoms with Crippen LogP contribution in [0.15, 0.2) is 29.3 Å². The van der Waals surface area contributed by atoms with E-state index in [9.17, 15) is 4.79 Å². The van der Waals surface area contributed by atoms with Crippen molar-refractivity contribution < 1.29 is 9.53 Å². The fourth-order valence-electron chi connectivity index (χ4n) is 2.05. The van der Waals surface area contributed by atoms with Gasteiger partial charge < -0.3 is 20.7 Å². The second kappa shape index (κ2) is 8.53. The zero-order valence-corrected chi connectivity index (χ0v) is 13.6. The third-order valence-electron chi connectivity index (χ3n) is 3.37. The Bertz CT molecular complexity index is 513. The summed E-state index contributed by atoms with van der Waals surface area (Å²) in [6, 6.07) is 7.57. The molecule has 1 aromatic rings. The van der Waals surface area contributed by atoms with Crippen LogP contribution in [0, 0.1) is 0 Å². The van der Waals surface area contributed by atoms with E-state index in [1.165, 1.54) is 0 Å². The number of nitrogens with two attached hydrogens (primary N) is 1. The second-order valence-corrected chi connectivity index (χ2v) is 6.12. The molecule has 1 aliphatic rings. The number of carbonyl (C=O) groups excluding carboxylic acids is 1. The number of rotatable bonds is 5. The fourth-order valence-corrected chi connectivity index (χ4v) is 2.95. The second-order valence-electron chi connectivity index (χ2n) is 4.90. The van der Waals surface area contributed by atoms with Gasteiger partial charge in [0.2, 0.25) is 5.91 Å². The molecule has 0 aliphatic carbocycles. The molecule has 6 nitrogen and oxygen atoms in total. The Hall–Kier alpha value is -1.89. The van der Waals surface area contributed by atoms with Crippen LogP contribution in [-0.4, -0.2) is 55.0 Å². The van der Waals surface area contributed by atoms with Crippen molar-refractivity contribution in [1.29, 1.82) is 0 Å². The van der Waals surface area contributed by atoms with Crippen molar-refractivity contribution in [2.45, 2.75) is 6.54 Å². The van der Waals surface area contributed by atoms with Crippen LogP contribution in [0.1, 0.15) is 5.56 Å². The SMILES string of the molecule is COc1ccc(CNC(=O)CN=C(N)N2CCSCC2)cc1. The molecule has 1 aliphatic heterocycles. The number of ether oxygens (including phenoxy) is 1. The van der Waals surface area contributed by atoms with Crippen molar-refractivity contribution in [2.75, 3.05) is 38.2 Å². The Morgan fingerprint density at radius 3 is 2.68 bits per heavy atom. The number of hydrogen-bond donors (Lipinski definition) is 2. The maximum absolute atomic E-state index is 11.8. The summed E-state index contributed by atoms with van der Waals surface area (Å²) >= 11 is 1.91. The molecule has 1 amide bonds. The van der Waals surface area contributed by atoms with Gasteiger partial charge in [0.05, 0.1) is 7.11 Å². The van der Waals surface area contributed by atoms with Crippen LogP contribution < -0.4 is 15.8 Å². The molecule has 120 valence electrons. The van der Waals surface area contributed by atoms with Gasteiger partial charge >= 0.3 is 0 Å². The fraction of sp³-hybridized carbons (Fsp3) is 0.467. The number of nitrogens with zero attached hydrogens (tertiary/aromatic N) is 2. The lowest BCUT2D eigenvalue weighted by Crippen LogP contribution is -2.43. The first-order valence-corrected chi connectivity index (χ1v) is 8.37. The number of benzene rings is 1. The molecule has 1 aromatic carbocycles. The molecule has 0 aromatic heterocycles. The van der Waals surface area contributed by atoms with E-state index in [0.29, 0.717) is 12.5 Å². The van der Waals surface area contributed by atoms with Crippen LogP contribution in [0.2, 0.25) is 0 Å². The van der Waals surface area contributed by atoms with Crippen LogP contribution in [0.4, 0.5) is 0 Å². The van der Waals surface area contributed by atoms with Crippen LogP contribution in [0.3, 0.4) is 0 Å². The van der Waals surface area contributed by atoms with Crippen molar-refractivity contribution in [1.82, 2.24) is 10.2 Å². The van der Waals surface area contributed by atoms with Gasteiger partial charge in [-0.2, -0.15) is 11.8 Å². The summed E-state index contributed by atoms with van der Waals surface area (Å²) in [6.07, 6.45) is 0. The van der Waals surface area contributed by atoms with Crippen LogP contribution in [0.25, 0.3) is 0 Å². The number of amides is 1. The Morgan fingerprint density at radius 2 is 2.05 bits per heavy atom. The molecule has 7 heteroatoms. The molecular weight excluding hydrogens is 300 g/mol. The summed E-state index contributed by atoms with van der Waals surface area (Å²) < 4.78 is 5.09. The lowest BCUT2D eigenvalue weighted by Gasteiger charge is -2.27. The lowest BCUT2D eigenvalue weighted by atomic mass is 10.2. The molecular formula is C15H22N4O2S. The maximum Gasteiger partial charge on any atom is 0.242 e. The molecule has 0 bridgehead atoms. The first-order valence-electron chi connectivity index (χ1n) is 7.21. The van der Waals surface area contributed by atoms with Gasteiger partial charge in [-0.3, -0.25) is 4.79 Å². The zero-order valence-electron chi connectivity index (χ0n) is 12.7. The number of thioether (sulfide) groups is 1. The number of methoxy groups -OCH3 is 1. The first-order chi connectivity index (χ1) is 10.7. The smallest absolute Gasteiger partial charge is 0.242 e. The first kappa shape index (κ1) is 16.5. The molecule has 0 unspecified atom stereocenters. The Balaban J connectivity index is 1.74. The molecule has 0 saturated carbocycles. The van der Waals surface area contributed by atoms with E-state index in [2.05, 4.69) is 10.3 Å². The van der Waals surface area contributed by atoms with Gasteiger partial charge in [0.25, 0.3) is 0 Å². The summed E-state index contributed by atoms with van der Waals surface area (Å²) in [5.41, 5.74) is 6.92. The van der Waals surface area contributed by atoms with Gasteiger partial charge in [-0.15, -0.1) is 0 Å². The van der Waals surface area contributed by atoms with Gasteiger partial charge in [-0.1, -0.05) is 12.1 Å². The molecule has 0 spiro atoms. The summed E-state index contributed by atoms with van der Waals surface area (Å²) in [6.45, 7) is 2.32. The Morgan fingerprint density at radius 1 is 1.36 bits per heavy atom. The largest absolute Gasteiger partial charge is 0.497 e. The van der Waals surface area contributed by atoms with Crippen LogP contribution in [-0.2, 0) is 11.3 Å². The summed E-state index contributed by atoms with van der Waals surface area (Å²) in [7, 11) is 1.63. The standard InChI is InChI=1S/C15H22N4O2S/c1-21-13-4-2-12(3-5-13)10-17-14(20)11-18-15(16)19-6-8-22-9-7-19/h2-5H,6-11H2,1H3,(H2,16,18)(H,17,20). The van der Waals surface area contributed by atoms with E-state index in [4.69, 9.17) is 10.5 Å². The summed E-state index contributed by atoms with van der Waals surface area (Å²) in [5.74, 6) is 3.23. The minimum atomic E-state index is -0.134. The molecule has 1 heterocycles. The van der Waals surface area contributed by atoms with Gasteiger partial charge in [0, 0.05) is 31.1 Å². The molecule has 0 atom stereocenters. The number of carbonyl (C=O) groups is 1. The minimum absolute atomic E-state index is 0.0611. The number of nitrogens with one attached hydrogen (secondary N) is 1. The van der Waals surface area contributed by atoms with E-state index < -0.39 is 0 Å². The highest BCUT2D eigenvalue weighted by Crippen LogP contribution is 2.11. The lowest BCUT2D eigenvalue weighted by molar-refractivity contribution is -0.119. The van der Waals surface area contributed by atoms with Crippen molar-refractivity contribution in [3.8, 4) is 5.75 Å². The van der Waals surface area contributed by atoms with E-state index in [1.807, 2.05) is 40.9 Å². The van der Waals surface area contributed by atoms with Crippen molar-refractivity contribution in [2.24, 2.45) is 10.7 Å². The quantitative estimate of drug-likeness (QED) is 0.615. The van der Waals surface area contributed by atoms with Gasteiger partial charge in [-0.25, -0.2) is 4.99 Å². The minimum Gasteiger partial charge on any atom is -0.497 e. The molecule has 1 fully saturated rings. The van der Waals surface area contributed by atoms with Gasteiger partial charge in [0.1, 0.15) is 12.3 Å². The summed E-state index contributed by atoms with van der Waals surface area (Å²) in [5, 5.41) is 2.83. The van der Waals surface area contributed by atoms with E-state index in [0.717, 1.165) is 35.9 Å². The van der Waals surface area contributed by atoms with Gasteiger partial charge in [0.15, 0.2) is 5.96 Å². The van der Waals surface area contributed by atoms with E-state index >= 15 is 0 Å². The highest BCUT2D eigenvalue weighted by Gasteiger charge is 2.12. The van der Waals surface area contributed by atoms with Crippen molar-refractivity contribution in [3.63, 3.8) is 0 Å². The highest BCUT2D eigenvalue weighted by atomic mass is 32.2. The summed E-state index contributed by atoms with van der Waals surface area (Å²) in [4.78, 5) is 18.0. The Kier molecular flexibility index (Phi) is 6.39. The molecule has 0 radical (unpaired) electrons. The third-order valence-corrected chi connectivity index (χ3v) is 4.31. The molecule has 1 saturated heterocycles. The number of aliphatic imine (C=N–C) groups is 1. The normalized spacial score (nSPS) is 15.5. The predicted molar refractivity (Wildman–Crippen MR) is 90.2 cm³/mol. The monoisotopic (exact) mass is 322 g/mol. The van der Waals surface area contributed by atoms with Gasteiger partial charge in [-0.05, 0) is 17.7 Å². The topological polar surface area (TPSA) is 79.9 Å².